The molecule has 0 saturated carbocycles. The highest BCUT2D eigenvalue weighted by molar-refractivity contribution is 5.89. The van der Waals surface area contributed by atoms with Gasteiger partial charge in [0.2, 0.25) is 0 Å². The van der Waals surface area contributed by atoms with Crippen LogP contribution in [0.1, 0.15) is 5.56 Å². The van der Waals surface area contributed by atoms with Gasteiger partial charge in [-0.25, -0.2) is 9.18 Å². The number of carbonyl (C=O) groups excluding carboxylic acids is 2. The molecule has 140 valence electrons. The van der Waals surface area contributed by atoms with Gasteiger partial charge in [0, 0.05) is 37.9 Å². The summed E-state index contributed by atoms with van der Waals surface area (Å²) in [6.45, 7) is 2.40. The van der Waals surface area contributed by atoms with Crippen LogP contribution in [0.5, 0.6) is 0 Å². The molecule has 1 aliphatic heterocycles. The molecule has 2 aromatic rings. The second kappa shape index (κ2) is 8.98. The maximum Gasteiger partial charge on any atom is 0.331 e. The van der Waals surface area contributed by atoms with E-state index in [2.05, 4.69) is 4.90 Å². The van der Waals surface area contributed by atoms with Gasteiger partial charge < -0.3 is 14.5 Å². The lowest BCUT2D eigenvalue weighted by Crippen LogP contribution is -2.49. The summed E-state index contributed by atoms with van der Waals surface area (Å²) in [6, 6.07) is 15.8. The normalized spacial score (nSPS) is 14.4. The Kier molecular flexibility index (Phi) is 6.20. The van der Waals surface area contributed by atoms with Crippen molar-refractivity contribution in [3.63, 3.8) is 0 Å². The Bertz CT molecular complexity index is 798. The summed E-state index contributed by atoms with van der Waals surface area (Å²) in [6.07, 6.45) is 2.75. The number of esters is 1. The zero-order chi connectivity index (χ0) is 19.1. The predicted molar refractivity (Wildman–Crippen MR) is 102 cm³/mol. The van der Waals surface area contributed by atoms with Crippen LogP contribution in [0.3, 0.4) is 0 Å². The van der Waals surface area contributed by atoms with E-state index in [4.69, 9.17) is 4.74 Å². The summed E-state index contributed by atoms with van der Waals surface area (Å²) in [5, 5.41) is 0. The minimum atomic E-state index is -0.601. The van der Waals surface area contributed by atoms with Crippen LogP contribution < -0.4 is 4.90 Å². The summed E-state index contributed by atoms with van der Waals surface area (Å²) >= 11 is 0. The van der Waals surface area contributed by atoms with Gasteiger partial charge in [0.25, 0.3) is 5.91 Å². The molecule has 0 N–H and O–H groups in total. The van der Waals surface area contributed by atoms with E-state index >= 15 is 0 Å². The summed E-state index contributed by atoms with van der Waals surface area (Å²) < 4.78 is 17.8. The van der Waals surface area contributed by atoms with Crippen molar-refractivity contribution in [3.8, 4) is 0 Å². The van der Waals surface area contributed by atoms with Crippen LogP contribution in [-0.4, -0.2) is 49.6 Å². The van der Waals surface area contributed by atoms with Gasteiger partial charge in [0.1, 0.15) is 5.82 Å². The number of para-hydroxylation sites is 1. The predicted octanol–water partition coefficient (Wildman–Crippen LogP) is 2.73. The molecule has 1 amide bonds. The van der Waals surface area contributed by atoms with Gasteiger partial charge in [0.15, 0.2) is 6.61 Å². The van der Waals surface area contributed by atoms with Gasteiger partial charge >= 0.3 is 5.97 Å². The van der Waals surface area contributed by atoms with Crippen molar-refractivity contribution in [2.24, 2.45) is 0 Å². The fourth-order valence-electron chi connectivity index (χ4n) is 2.86. The molecule has 1 fully saturated rings. The fourth-order valence-corrected chi connectivity index (χ4v) is 2.86. The molecule has 0 aromatic heterocycles. The van der Waals surface area contributed by atoms with Crippen molar-refractivity contribution >= 4 is 23.6 Å². The molecule has 0 aliphatic carbocycles. The summed E-state index contributed by atoms with van der Waals surface area (Å²) in [4.78, 5) is 27.9. The highest BCUT2D eigenvalue weighted by Gasteiger charge is 2.21. The first-order valence-electron chi connectivity index (χ1n) is 8.80. The number of anilines is 1. The molecule has 0 spiro atoms. The monoisotopic (exact) mass is 368 g/mol. The molecule has 1 saturated heterocycles. The lowest BCUT2D eigenvalue weighted by Gasteiger charge is -2.36. The number of nitrogens with zero attached hydrogens (tertiary/aromatic N) is 2. The molecule has 0 bridgehead atoms. The third kappa shape index (κ3) is 5.41. The quantitative estimate of drug-likeness (QED) is 0.602. The van der Waals surface area contributed by atoms with Gasteiger partial charge in [-0.1, -0.05) is 30.3 Å². The van der Waals surface area contributed by atoms with Gasteiger partial charge in [-0.05, 0) is 35.9 Å². The number of hydrogen-bond acceptors (Lipinski definition) is 4. The number of amides is 1. The maximum atomic E-state index is 12.8. The minimum Gasteiger partial charge on any atom is -0.452 e. The van der Waals surface area contributed by atoms with Crippen LogP contribution in [0.25, 0.3) is 6.08 Å². The zero-order valence-electron chi connectivity index (χ0n) is 14.9. The van der Waals surface area contributed by atoms with Gasteiger partial charge in [-0.15, -0.1) is 0 Å². The zero-order valence-corrected chi connectivity index (χ0v) is 14.9. The third-order valence-electron chi connectivity index (χ3n) is 4.37. The Morgan fingerprint density at radius 3 is 2.30 bits per heavy atom. The molecule has 6 heteroatoms. The highest BCUT2D eigenvalue weighted by Crippen LogP contribution is 2.15. The average molecular weight is 368 g/mol. The van der Waals surface area contributed by atoms with E-state index in [-0.39, 0.29) is 18.3 Å². The van der Waals surface area contributed by atoms with Crippen LogP contribution in [-0.2, 0) is 14.3 Å². The topological polar surface area (TPSA) is 49.9 Å². The van der Waals surface area contributed by atoms with E-state index in [1.807, 2.05) is 30.3 Å². The first kappa shape index (κ1) is 18.6. The van der Waals surface area contributed by atoms with Crippen LogP contribution in [0.4, 0.5) is 10.1 Å². The number of halogens is 1. The first-order valence-corrected chi connectivity index (χ1v) is 8.80. The van der Waals surface area contributed by atoms with Gasteiger partial charge in [-0.2, -0.15) is 0 Å². The Morgan fingerprint density at radius 2 is 1.63 bits per heavy atom. The summed E-state index contributed by atoms with van der Waals surface area (Å²) in [7, 11) is 0. The molecule has 0 radical (unpaired) electrons. The molecular formula is C21H21FN2O3. The van der Waals surface area contributed by atoms with Crippen LogP contribution >= 0.6 is 0 Å². The molecule has 1 heterocycles. The SMILES string of the molecule is O=C(/C=C/c1ccc(F)cc1)OCC(=O)N1CCN(c2ccccc2)CC1. The van der Waals surface area contributed by atoms with Crippen molar-refractivity contribution in [3.05, 3.63) is 72.1 Å². The maximum absolute atomic E-state index is 12.8. The number of piperazine rings is 1. The Labute approximate surface area is 157 Å². The Balaban J connectivity index is 1.42. The van der Waals surface area contributed by atoms with Crippen molar-refractivity contribution in [1.29, 1.82) is 0 Å². The molecule has 27 heavy (non-hydrogen) atoms. The number of carbonyl (C=O) groups is 2. The molecule has 1 aliphatic rings. The van der Waals surface area contributed by atoms with Crippen molar-refractivity contribution in [2.75, 3.05) is 37.7 Å². The van der Waals surface area contributed by atoms with E-state index in [0.29, 0.717) is 18.7 Å². The van der Waals surface area contributed by atoms with Crippen LogP contribution in [0.15, 0.2) is 60.7 Å². The second-order valence-corrected chi connectivity index (χ2v) is 6.20. The van der Waals surface area contributed by atoms with E-state index < -0.39 is 5.97 Å². The first-order chi connectivity index (χ1) is 13.1. The smallest absolute Gasteiger partial charge is 0.331 e. The van der Waals surface area contributed by atoms with Crippen molar-refractivity contribution in [1.82, 2.24) is 4.90 Å². The van der Waals surface area contributed by atoms with Crippen molar-refractivity contribution < 1.29 is 18.7 Å². The lowest BCUT2D eigenvalue weighted by atomic mass is 10.2. The van der Waals surface area contributed by atoms with Crippen molar-refractivity contribution in [2.45, 2.75) is 0 Å². The molecule has 5 nitrogen and oxygen atoms in total. The van der Waals surface area contributed by atoms with E-state index in [9.17, 15) is 14.0 Å². The van der Waals surface area contributed by atoms with Gasteiger partial charge in [0.05, 0.1) is 0 Å². The van der Waals surface area contributed by atoms with E-state index in [0.717, 1.165) is 18.8 Å². The molecule has 2 aromatic carbocycles. The Hall–Kier alpha value is -3.15. The number of benzene rings is 2. The number of rotatable bonds is 5. The molecule has 3 rings (SSSR count). The molecule has 0 atom stereocenters. The van der Waals surface area contributed by atoms with Gasteiger partial charge in [-0.3, -0.25) is 4.79 Å². The minimum absolute atomic E-state index is 0.203. The third-order valence-corrected chi connectivity index (χ3v) is 4.37. The number of hydrogen-bond donors (Lipinski definition) is 0. The average Bonchev–Trinajstić information content (AvgIpc) is 2.72. The largest absolute Gasteiger partial charge is 0.452 e. The van der Waals surface area contributed by atoms with E-state index in [1.54, 1.807) is 17.0 Å². The highest BCUT2D eigenvalue weighted by atomic mass is 19.1. The Morgan fingerprint density at radius 1 is 0.963 bits per heavy atom. The van der Waals surface area contributed by atoms with E-state index in [1.165, 1.54) is 24.3 Å². The van der Waals surface area contributed by atoms with Crippen LogP contribution in [0.2, 0.25) is 0 Å². The molecular weight excluding hydrogens is 347 g/mol. The fraction of sp³-hybridized carbons (Fsp3) is 0.238. The lowest BCUT2D eigenvalue weighted by molar-refractivity contribution is -0.148. The standard InChI is InChI=1S/C21H21FN2O3/c22-18-9-6-17(7-10-18)8-11-21(26)27-16-20(25)24-14-12-23(13-15-24)19-4-2-1-3-5-19/h1-11H,12-16H2/b11-8+. The summed E-state index contributed by atoms with van der Waals surface area (Å²) in [5.74, 6) is -1.14. The summed E-state index contributed by atoms with van der Waals surface area (Å²) in [5.41, 5.74) is 1.82. The number of ether oxygens (including phenoxy) is 1. The second-order valence-electron chi connectivity index (χ2n) is 6.20. The molecule has 0 unspecified atom stereocenters. The van der Waals surface area contributed by atoms with Crippen LogP contribution in [0, 0.1) is 5.82 Å².